The molecular formula is C23H22F2N4O6S. The van der Waals surface area contributed by atoms with Crippen LogP contribution < -0.4 is 19.6 Å². The third-order valence-electron chi connectivity index (χ3n) is 4.88. The maximum atomic E-state index is 13.2. The van der Waals surface area contributed by atoms with E-state index in [0.29, 0.717) is 17.7 Å². The van der Waals surface area contributed by atoms with Crippen LogP contribution in [0.2, 0.25) is 0 Å². The lowest BCUT2D eigenvalue weighted by atomic mass is 10.1. The fourth-order valence-corrected chi connectivity index (χ4v) is 4.42. The number of non-ortho nitro benzene ring substituents is 1. The molecule has 3 aromatic carbocycles. The smallest absolute Gasteiger partial charge is 0.387 e. The minimum absolute atomic E-state index is 0.0217. The number of anilines is 2. The van der Waals surface area contributed by atoms with Gasteiger partial charge in [-0.05, 0) is 54.4 Å². The van der Waals surface area contributed by atoms with E-state index in [2.05, 4.69) is 20.0 Å². The van der Waals surface area contributed by atoms with Crippen LogP contribution in [0.15, 0.2) is 76.7 Å². The first kappa shape index (κ1) is 26.3. The maximum Gasteiger partial charge on any atom is 0.387 e. The van der Waals surface area contributed by atoms with E-state index >= 15 is 0 Å². The first-order valence-corrected chi connectivity index (χ1v) is 11.9. The molecule has 36 heavy (non-hydrogen) atoms. The number of halogens is 2. The van der Waals surface area contributed by atoms with Gasteiger partial charge in [0.25, 0.3) is 15.7 Å². The van der Waals surface area contributed by atoms with Crippen LogP contribution in [0.4, 0.5) is 25.8 Å². The minimum Gasteiger partial charge on any atom is -0.495 e. The van der Waals surface area contributed by atoms with Gasteiger partial charge in [0.1, 0.15) is 16.4 Å². The van der Waals surface area contributed by atoms with Crippen LogP contribution in [0.25, 0.3) is 0 Å². The van der Waals surface area contributed by atoms with Crippen molar-refractivity contribution in [3.05, 3.63) is 82.4 Å². The number of hydrazone groups is 1. The average molecular weight is 521 g/mol. The second kappa shape index (κ2) is 11.4. The van der Waals surface area contributed by atoms with Crippen LogP contribution in [0.1, 0.15) is 18.9 Å². The van der Waals surface area contributed by atoms with E-state index in [1.807, 2.05) is 0 Å². The van der Waals surface area contributed by atoms with E-state index in [1.54, 1.807) is 25.1 Å². The summed E-state index contributed by atoms with van der Waals surface area (Å²) in [5, 5.41) is 15.6. The Bertz CT molecular complexity index is 1370. The molecule has 10 nitrogen and oxygen atoms in total. The van der Waals surface area contributed by atoms with Crippen molar-refractivity contribution in [2.24, 2.45) is 5.10 Å². The predicted molar refractivity (Wildman–Crippen MR) is 130 cm³/mol. The Morgan fingerprint density at radius 3 is 2.39 bits per heavy atom. The molecule has 0 aliphatic heterocycles. The van der Waals surface area contributed by atoms with Gasteiger partial charge in [0.15, 0.2) is 0 Å². The normalized spacial score (nSPS) is 11.8. The molecule has 0 heterocycles. The zero-order valence-electron chi connectivity index (χ0n) is 19.1. The summed E-state index contributed by atoms with van der Waals surface area (Å²) in [6, 6.07) is 15.3. The Morgan fingerprint density at radius 2 is 1.78 bits per heavy atom. The van der Waals surface area contributed by atoms with E-state index in [0.717, 1.165) is 12.1 Å². The monoisotopic (exact) mass is 520 g/mol. The number of ether oxygens (including phenoxy) is 2. The summed E-state index contributed by atoms with van der Waals surface area (Å²) in [7, 11) is -2.95. The third-order valence-corrected chi connectivity index (χ3v) is 6.28. The molecule has 0 amide bonds. The molecule has 0 saturated carbocycles. The average Bonchev–Trinajstić information content (AvgIpc) is 2.85. The van der Waals surface area contributed by atoms with Crippen LogP contribution in [0.3, 0.4) is 0 Å². The number of hydrogen-bond acceptors (Lipinski definition) is 8. The number of nitro benzene ring substituents is 1. The minimum atomic E-state index is -4.32. The van der Waals surface area contributed by atoms with E-state index < -0.39 is 32.1 Å². The molecule has 2 N–H and O–H groups in total. The van der Waals surface area contributed by atoms with Gasteiger partial charge in [-0.1, -0.05) is 19.1 Å². The summed E-state index contributed by atoms with van der Waals surface area (Å²) in [5.74, 6) is 0.231. The first-order valence-electron chi connectivity index (χ1n) is 10.5. The fraction of sp³-hybridized carbons (Fsp3) is 0.174. The summed E-state index contributed by atoms with van der Waals surface area (Å²) in [5.41, 5.74) is 3.39. The third kappa shape index (κ3) is 6.44. The largest absolute Gasteiger partial charge is 0.495 e. The molecule has 0 aliphatic carbocycles. The highest BCUT2D eigenvalue weighted by Crippen LogP contribution is 2.31. The quantitative estimate of drug-likeness (QED) is 0.201. The second-order valence-corrected chi connectivity index (χ2v) is 8.82. The summed E-state index contributed by atoms with van der Waals surface area (Å²) >= 11 is 0. The van der Waals surface area contributed by atoms with Gasteiger partial charge in [0, 0.05) is 12.1 Å². The number of hydrogen-bond donors (Lipinski definition) is 2. The van der Waals surface area contributed by atoms with Crippen molar-refractivity contribution >= 4 is 32.8 Å². The van der Waals surface area contributed by atoms with E-state index in [4.69, 9.17) is 4.74 Å². The standard InChI is InChI=1S/C23H22F2N4O6S/c1-3-18(15-8-11-17(12-9-15)35-23(24)25)26-27-20-13-10-16(29(30)31)14-22(20)36(32,33)28-19-6-4-5-7-21(19)34-2/h4-14,23,27-28H,3H2,1-2H3/b26-18-. The lowest BCUT2D eigenvalue weighted by molar-refractivity contribution is -0.385. The highest BCUT2D eigenvalue weighted by atomic mass is 32.2. The van der Waals surface area contributed by atoms with Gasteiger partial charge in [-0.15, -0.1) is 0 Å². The zero-order valence-corrected chi connectivity index (χ0v) is 20.0. The van der Waals surface area contributed by atoms with E-state index in [-0.39, 0.29) is 22.9 Å². The number of benzene rings is 3. The number of nitrogens with zero attached hydrogens (tertiary/aromatic N) is 2. The predicted octanol–water partition coefficient (Wildman–Crippen LogP) is 5.23. The van der Waals surface area contributed by atoms with Gasteiger partial charge < -0.3 is 9.47 Å². The molecule has 0 unspecified atom stereocenters. The Morgan fingerprint density at radius 1 is 1.08 bits per heavy atom. The van der Waals surface area contributed by atoms with Crippen molar-refractivity contribution in [1.82, 2.24) is 0 Å². The molecule has 13 heteroatoms. The molecule has 0 bridgehead atoms. The number of para-hydroxylation sites is 2. The molecule has 0 radical (unpaired) electrons. The molecule has 3 aromatic rings. The summed E-state index contributed by atoms with van der Waals surface area (Å²) in [4.78, 5) is 10.2. The molecule has 3 rings (SSSR count). The summed E-state index contributed by atoms with van der Waals surface area (Å²) in [6.45, 7) is -1.16. The zero-order chi connectivity index (χ0) is 26.3. The van der Waals surface area contributed by atoms with E-state index in [9.17, 15) is 27.3 Å². The molecule has 0 atom stereocenters. The van der Waals surface area contributed by atoms with Crippen molar-refractivity contribution in [3.63, 3.8) is 0 Å². The van der Waals surface area contributed by atoms with Crippen molar-refractivity contribution < 1.29 is 31.6 Å². The molecular weight excluding hydrogens is 498 g/mol. The van der Waals surface area contributed by atoms with Gasteiger partial charge >= 0.3 is 6.61 Å². The topological polar surface area (TPSA) is 132 Å². The van der Waals surface area contributed by atoms with Gasteiger partial charge in [0.2, 0.25) is 0 Å². The van der Waals surface area contributed by atoms with Crippen LogP contribution in [0, 0.1) is 10.1 Å². The lowest BCUT2D eigenvalue weighted by Gasteiger charge is -2.14. The van der Waals surface area contributed by atoms with Crippen LogP contribution >= 0.6 is 0 Å². The van der Waals surface area contributed by atoms with E-state index in [1.165, 1.54) is 43.5 Å². The Hall–Kier alpha value is -4.26. The number of sulfonamides is 1. The Labute approximate surface area is 205 Å². The van der Waals surface area contributed by atoms with Crippen molar-refractivity contribution in [3.8, 4) is 11.5 Å². The Kier molecular flexibility index (Phi) is 8.38. The number of methoxy groups -OCH3 is 1. The van der Waals surface area contributed by atoms with Crippen molar-refractivity contribution in [2.45, 2.75) is 24.9 Å². The van der Waals surface area contributed by atoms with Gasteiger partial charge in [-0.3, -0.25) is 20.3 Å². The van der Waals surface area contributed by atoms with Gasteiger partial charge in [-0.2, -0.15) is 13.9 Å². The second-order valence-electron chi connectivity index (χ2n) is 7.17. The van der Waals surface area contributed by atoms with Crippen molar-refractivity contribution in [2.75, 3.05) is 17.3 Å². The molecule has 190 valence electrons. The highest BCUT2D eigenvalue weighted by Gasteiger charge is 2.24. The Balaban J connectivity index is 1.97. The van der Waals surface area contributed by atoms with Gasteiger partial charge in [0.05, 0.1) is 29.1 Å². The molecule has 0 aliphatic rings. The van der Waals surface area contributed by atoms with Crippen LogP contribution in [-0.2, 0) is 10.0 Å². The van der Waals surface area contributed by atoms with Crippen LogP contribution in [-0.4, -0.2) is 32.8 Å². The van der Waals surface area contributed by atoms with Gasteiger partial charge in [-0.25, -0.2) is 8.42 Å². The summed E-state index contributed by atoms with van der Waals surface area (Å²) in [6.07, 6.45) is 0.399. The molecule has 0 spiro atoms. The number of nitro groups is 1. The fourth-order valence-electron chi connectivity index (χ4n) is 3.17. The molecule has 0 saturated heterocycles. The lowest BCUT2D eigenvalue weighted by Crippen LogP contribution is -2.16. The van der Waals surface area contributed by atoms with Crippen LogP contribution in [0.5, 0.6) is 11.5 Å². The SMILES string of the molecule is CC/C(=N/Nc1ccc([N+](=O)[O-])cc1S(=O)(=O)Nc1ccccc1OC)c1ccc(OC(F)F)cc1. The number of alkyl halides is 2. The maximum absolute atomic E-state index is 13.2. The number of rotatable bonds is 11. The molecule has 0 fully saturated rings. The summed E-state index contributed by atoms with van der Waals surface area (Å²) < 4.78 is 63.1. The molecule has 0 aromatic heterocycles. The number of nitrogens with one attached hydrogen (secondary N) is 2. The first-order chi connectivity index (χ1) is 17.1. The highest BCUT2D eigenvalue weighted by molar-refractivity contribution is 7.93. The van der Waals surface area contributed by atoms with Crippen molar-refractivity contribution in [1.29, 1.82) is 0 Å².